The second kappa shape index (κ2) is 5.90. The summed E-state index contributed by atoms with van der Waals surface area (Å²) < 4.78 is 29.4. The van der Waals surface area contributed by atoms with Crippen LogP contribution in [0.4, 0.5) is 0 Å². The minimum absolute atomic E-state index is 0.291. The summed E-state index contributed by atoms with van der Waals surface area (Å²) >= 11 is 3.44. The fourth-order valence-corrected chi connectivity index (χ4v) is 4.19. The average Bonchev–Trinajstić information content (AvgIpc) is 2.66. The Labute approximate surface area is 133 Å². The Morgan fingerprint density at radius 2 is 1.90 bits per heavy atom. The fourth-order valence-electron chi connectivity index (χ4n) is 2.23. The quantitative estimate of drug-likeness (QED) is 0.829. The van der Waals surface area contributed by atoms with Crippen molar-refractivity contribution in [1.29, 1.82) is 0 Å². The number of nitrogens with zero attached hydrogens (tertiary/aromatic N) is 3. The first-order valence-electron chi connectivity index (χ1n) is 6.45. The van der Waals surface area contributed by atoms with Gasteiger partial charge in [-0.15, -0.1) is 0 Å². The van der Waals surface area contributed by atoms with E-state index in [1.165, 1.54) is 4.31 Å². The normalized spacial score (nSPS) is 12.1. The van der Waals surface area contributed by atoms with Crippen LogP contribution in [0.15, 0.2) is 33.6 Å². The number of halogens is 1. The molecule has 1 aromatic carbocycles. The highest BCUT2D eigenvalue weighted by Gasteiger charge is 2.28. The van der Waals surface area contributed by atoms with Gasteiger partial charge in [-0.05, 0) is 25.5 Å². The monoisotopic (exact) mass is 371 g/mol. The van der Waals surface area contributed by atoms with Gasteiger partial charge in [-0.2, -0.15) is 9.40 Å². The van der Waals surface area contributed by atoms with Crippen molar-refractivity contribution in [3.63, 3.8) is 0 Å². The van der Waals surface area contributed by atoms with Crippen molar-refractivity contribution < 1.29 is 8.42 Å². The van der Waals surface area contributed by atoms with Gasteiger partial charge in [0.2, 0.25) is 10.0 Å². The van der Waals surface area contributed by atoms with Crippen molar-refractivity contribution in [2.45, 2.75) is 25.3 Å². The molecule has 0 N–H and O–H groups in total. The lowest BCUT2D eigenvalue weighted by atomic mass is 10.2. The number of rotatable bonds is 4. The molecule has 0 amide bonds. The number of aryl methyl sites for hydroxylation is 2. The second-order valence-electron chi connectivity index (χ2n) is 4.98. The molecule has 0 radical (unpaired) electrons. The molecule has 0 aliphatic heterocycles. The van der Waals surface area contributed by atoms with Crippen LogP contribution in [-0.4, -0.2) is 29.6 Å². The topological polar surface area (TPSA) is 55.2 Å². The number of benzene rings is 1. The molecule has 21 heavy (non-hydrogen) atoms. The zero-order valence-electron chi connectivity index (χ0n) is 12.5. The highest BCUT2D eigenvalue weighted by Crippen LogP contribution is 2.25. The summed E-state index contributed by atoms with van der Waals surface area (Å²) in [4.78, 5) is 0.291. The number of sulfonamides is 1. The van der Waals surface area contributed by atoms with Crippen LogP contribution < -0.4 is 0 Å². The average molecular weight is 372 g/mol. The Morgan fingerprint density at radius 3 is 2.43 bits per heavy atom. The molecule has 2 aromatic rings. The fraction of sp³-hybridized carbons (Fsp3) is 0.357. The van der Waals surface area contributed by atoms with E-state index in [4.69, 9.17) is 0 Å². The van der Waals surface area contributed by atoms with Gasteiger partial charge >= 0.3 is 0 Å². The van der Waals surface area contributed by atoms with E-state index in [0.29, 0.717) is 22.8 Å². The van der Waals surface area contributed by atoms with Gasteiger partial charge in [0.25, 0.3) is 0 Å². The predicted molar refractivity (Wildman–Crippen MR) is 85.5 cm³/mol. The lowest BCUT2D eigenvalue weighted by molar-refractivity contribution is 0.465. The molecule has 0 spiro atoms. The molecule has 5 nitrogen and oxygen atoms in total. The third-order valence-corrected chi connectivity index (χ3v) is 6.29. The Morgan fingerprint density at radius 1 is 1.29 bits per heavy atom. The SMILES string of the molecule is Cc1nn(C)c(C)c1S(=O)(=O)N(C)Cc1ccccc1Br. The van der Waals surface area contributed by atoms with Crippen molar-refractivity contribution in [2.24, 2.45) is 7.05 Å². The Bertz CT molecular complexity index is 769. The predicted octanol–water partition coefficient (Wildman–Crippen LogP) is 2.62. The van der Waals surface area contributed by atoms with Crippen LogP contribution in [0.2, 0.25) is 0 Å². The maximum atomic E-state index is 12.8. The van der Waals surface area contributed by atoms with Crippen LogP contribution in [0.5, 0.6) is 0 Å². The standard InChI is InChI=1S/C14H18BrN3O2S/c1-10-14(11(2)18(4)16-10)21(19,20)17(3)9-12-7-5-6-8-13(12)15/h5-8H,9H2,1-4H3. The van der Waals surface area contributed by atoms with Crippen LogP contribution in [0.1, 0.15) is 17.0 Å². The first-order chi connectivity index (χ1) is 9.75. The van der Waals surface area contributed by atoms with Crippen LogP contribution in [0.3, 0.4) is 0 Å². The van der Waals surface area contributed by atoms with Gasteiger partial charge in [0.1, 0.15) is 4.90 Å². The van der Waals surface area contributed by atoms with Gasteiger partial charge in [0, 0.05) is 25.1 Å². The third kappa shape index (κ3) is 3.04. The Kier molecular flexibility index (Phi) is 4.55. The first kappa shape index (κ1) is 16.2. The Balaban J connectivity index is 2.38. The molecule has 0 unspecified atom stereocenters. The summed E-state index contributed by atoms with van der Waals surface area (Å²) in [6.07, 6.45) is 0. The maximum absolute atomic E-state index is 12.8. The van der Waals surface area contributed by atoms with Gasteiger partial charge in [-0.25, -0.2) is 8.42 Å². The third-order valence-electron chi connectivity index (χ3n) is 3.46. The van der Waals surface area contributed by atoms with Crippen LogP contribution in [0.25, 0.3) is 0 Å². The Hall–Kier alpha value is -1.18. The molecule has 0 saturated heterocycles. The van der Waals surface area contributed by atoms with Crippen molar-refractivity contribution in [1.82, 2.24) is 14.1 Å². The summed E-state index contributed by atoms with van der Waals surface area (Å²) in [5.74, 6) is 0. The first-order valence-corrected chi connectivity index (χ1v) is 8.68. The van der Waals surface area contributed by atoms with Gasteiger partial charge in [0.05, 0.1) is 11.4 Å². The highest BCUT2D eigenvalue weighted by molar-refractivity contribution is 9.10. The van der Waals surface area contributed by atoms with Crippen molar-refractivity contribution >= 4 is 26.0 Å². The molecule has 1 aromatic heterocycles. The van der Waals surface area contributed by atoms with E-state index in [1.54, 1.807) is 32.6 Å². The molecular formula is C14H18BrN3O2S. The van der Waals surface area contributed by atoms with Crippen LogP contribution >= 0.6 is 15.9 Å². The van der Waals surface area contributed by atoms with E-state index in [-0.39, 0.29) is 0 Å². The highest BCUT2D eigenvalue weighted by atomic mass is 79.9. The van der Waals surface area contributed by atoms with Gasteiger partial charge in [-0.1, -0.05) is 34.1 Å². The minimum atomic E-state index is -3.57. The summed E-state index contributed by atoms with van der Waals surface area (Å²) in [7, 11) is -0.236. The molecule has 0 fully saturated rings. The van der Waals surface area contributed by atoms with E-state index in [1.807, 2.05) is 24.3 Å². The van der Waals surface area contributed by atoms with Gasteiger partial charge in [0.15, 0.2) is 0 Å². The molecule has 0 atom stereocenters. The molecule has 0 bridgehead atoms. The summed E-state index contributed by atoms with van der Waals surface area (Å²) in [6.45, 7) is 3.78. The second-order valence-corrected chi connectivity index (χ2v) is 7.81. The molecule has 7 heteroatoms. The number of hydrogen-bond donors (Lipinski definition) is 0. The molecule has 114 valence electrons. The largest absolute Gasteiger partial charge is 0.271 e. The van der Waals surface area contributed by atoms with Gasteiger partial charge < -0.3 is 0 Å². The summed E-state index contributed by atoms with van der Waals surface area (Å²) in [5, 5.41) is 4.19. The molecule has 2 rings (SSSR count). The van der Waals surface area contributed by atoms with E-state index in [9.17, 15) is 8.42 Å². The van der Waals surface area contributed by atoms with E-state index >= 15 is 0 Å². The number of aromatic nitrogens is 2. The lowest BCUT2D eigenvalue weighted by Gasteiger charge is -2.18. The maximum Gasteiger partial charge on any atom is 0.246 e. The lowest BCUT2D eigenvalue weighted by Crippen LogP contribution is -2.27. The molecule has 0 aliphatic rings. The zero-order valence-corrected chi connectivity index (χ0v) is 14.9. The van der Waals surface area contributed by atoms with Crippen molar-refractivity contribution in [3.8, 4) is 0 Å². The molecule has 1 heterocycles. The van der Waals surface area contributed by atoms with E-state index in [2.05, 4.69) is 21.0 Å². The molecular weight excluding hydrogens is 354 g/mol. The minimum Gasteiger partial charge on any atom is -0.271 e. The van der Waals surface area contributed by atoms with Gasteiger partial charge in [-0.3, -0.25) is 4.68 Å². The van der Waals surface area contributed by atoms with Crippen LogP contribution in [0, 0.1) is 13.8 Å². The smallest absolute Gasteiger partial charge is 0.246 e. The summed E-state index contributed by atoms with van der Waals surface area (Å²) in [6, 6.07) is 7.59. The number of hydrogen-bond acceptors (Lipinski definition) is 3. The van der Waals surface area contributed by atoms with Crippen molar-refractivity contribution in [3.05, 3.63) is 45.7 Å². The van der Waals surface area contributed by atoms with E-state index < -0.39 is 10.0 Å². The molecule has 0 aliphatic carbocycles. The van der Waals surface area contributed by atoms with Crippen LogP contribution in [-0.2, 0) is 23.6 Å². The van der Waals surface area contributed by atoms with Crippen molar-refractivity contribution in [2.75, 3.05) is 7.05 Å². The van der Waals surface area contributed by atoms with E-state index in [0.717, 1.165) is 10.0 Å². The molecule has 0 saturated carbocycles. The zero-order chi connectivity index (χ0) is 15.8. The summed E-state index contributed by atoms with van der Waals surface area (Å²) in [5.41, 5.74) is 2.09.